The van der Waals surface area contributed by atoms with Crippen molar-refractivity contribution in [3.63, 3.8) is 0 Å². The molecule has 6 nitrogen and oxygen atoms in total. The summed E-state index contributed by atoms with van der Waals surface area (Å²) in [6, 6.07) is 5.96. The topological polar surface area (TPSA) is 88.1 Å². The zero-order valence-corrected chi connectivity index (χ0v) is 11.4. The summed E-state index contributed by atoms with van der Waals surface area (Å²) in [6.07, 6.45) is 2.16. The molecule has 0 aliphatic heterocycles. The number of sulfonamides is 1. The quantitative estimate of drug-likeness (QED) is 0.634. The van der Waals surface area contributed by atoms with Crippen LogP contribution in [-0.2, 0) is 10.0 Å². The Morgan fingerprint density at radius 3 is 2.39 bits per heavy atom. The van der Waals surface area contributed by atoms with Crippen molar-refractivity contribution in [1.82, 2.24) is 5.01 Å². The van der Waals surface area contributed by atoms with E-state index in [1.807, 2.05) is 7.05 Å². The van der Waals surface area contributed by atoms with Gasteiger partial charge in [-0.3, -0.25) is 5.01 Å². The lowest BCUT2D eigenvalue weighted by molar-refractivity contribution is 0.325. The molecule has 0 radical (unpaired) electrons. The number of benzene rings is 1. The fraction of sp³-hybridized carbons (Fsp3) is 0.455. The first kappa shape index (κ1) is 14.6. The predicted molar refractivity (Wildman–Crippen MR) is 69.9 cm³/mol. The highest BCUT2D eigenvalue weighted by Gasteiger charge is 2.06. The van der Waals surface area contributed by atoms with Crippen molar-refractivity contribution in [2.45, 2.75) is 24.7 Å². The maximum absolute atomic E-state index is 11.0. The van der Waals surface area contributed by atoms with Gasteiger partial charge in [-0.05, 0) is 30.7 Å². The van der Waals surface area contributed by atoms with Gasteiger partial charge in [-0.2, -0.15) is 0 Å². The van der Waals surface area contributed by atoms with Crippen LogP contribution in [0.2, 0.25) is 0 Å². The number of primary sulfonamides is 1. The van der Waals surface area contributed by atoms with Gasteiger partial charge < -0.3 is 0 Å². The van der Waals surface area contributed by atoms with Gasteiger partial charge in [0, 0.05) is 13.6 Å². The van der Waals surface area contributed by atoms with Gasteiger partial charge in [-0.25, -0.2) is 13.6 Å². The highest BCUT2D eigenvalue weighted by molar-refractivity contribution is 7.89. The van der Waals surface area contributed by atoms with Crippen LogP contribution in [0.1, 0.15) is 19.8 Å². The molecule has 0 saturated heterocycles. The Bertz CT molecular complexity index is 496. The number of nitrogens with zero attached hydrogens (tertiary/aromatic N) is 3. The lowest BCUT2D eigenvalue weighted by Gasteiger charge is -2.09. The van der Waals surface area contributed by atoms with Gasteiger partial charge in [0.25, 0.3) is 0 Å². The van der Waals surface area contributed by atoms with Gasteiger partial charge in [0.05, 0.1) is 10.6 Å². The van der Waals surface area contributed by atoms with Gasteiger partial charge >= 0.3 is 0 Å². The van der Waals surface area contributed by atoms with E-state index in [1.54, 1.807) is 17.1 Å². The summed E-state index contributed by atoms with van der Waals surface area (Å²) in [5.74, 6) is 0. The molecule has 2 N–H and O–H groups in total. The molecule has 0 aliphatic rings. The normalized spacial score (nSPS) is 11.9. The van der Waals surface area contributed by atoms with E-state index in [4.69, 9.17) is 5.14 Å². The molecule has 0 aliphatic carbocycles. The summed E-state index contributed by atoms with van der Waals surface area (Å²) in [6.45, 7) is 2.95. The Balaban J connectivity index is 2.66. The van der Waals surface area contributed by atoms with Crippen molar-refractivity contribution in [2.75, 3.05) is 13.6 Å². The van der Waals surface area contributed by atoms with E-state index in [2.05, 4.69) is 17.3 Å². The Hall–Kier alpha value is -1.47. The van der Waals surface area contributed by atoms with Crippen LogP contribution in [0.3, 0.4) is 0 Å². The van der Waals surface area contributed by atoms with E-state index in [0.717, 1.165) is 19.4 Å². The summed E-state index contributed by atoms with van der Waals surface area (Å²) >= 11 is 0. The van der Waals surface area contributed by atoms with Crippen molar-refractivity contribution in [2.24, 2.45) is 15.5 Å². The van der Waals surface area contributed by atoms with Gasteiger partial charge in [0.1, 0.15) is 0 Å². The van der Waals surface area contributed by atoms with Crippen LogP contribution in [0.15, 0.2) is 39.5 Å². The molecule has 0 aromatic heterocycles. The largest absolute Gasteiger partial charge is 0.282 e. The third-order valence-electron chi connectivity index (χ3n) is 2.31. The Labute approximate surface area is 108 Å². The minimum absolute atomic E-state index is 0.0702. The first-order valence-electron chi connectivity index (χ1n) is 5.69. The summed E-state index contributed by atoms with van der Waals surface area (Å²) in [5, 5.41) is 14.7. The van der Waals surface area contributed by atoms with Crippen LogP contribution in [0.25, 0.3) is 0 Å². The second kappa shape index (κ2) is 6.46. The predicted octanol–water partition coefficient (Wildman–Crippen LogP) is 2.06. The molecule has 0 bridgehead atoms. The van der Waals surface area contributed by atoms with Crippen molar-refractivity contribution in [1.29, 1.82) is 0 Å². The molecule has 0 amide bonds. The molecule has 0 heterocycles. The monoisotopic (exact) mass is 270 g/mol. The molecule has 0 spiro atoms. The minimum Gasteiger partial charge on any atom is -0.282 e. The van der Waals surface area contributed by atoms with E-state index in [-0.39, 0.29) is 4.90 Å². The highest BCUT2D eigenvalue weighted by Crippen LogP contribution is 2.16. The molecule has 1 aromatic carbocycles. The molecule has 18 heavy (non-hydrogen) atoms. The molecular formula is C11H18N4O2S. The fourth-order valence-electron chi connectivity index (χ4n) is 1.26. The van der Waals surface area contributed by atoms with Gasteiger partial charge in [0.15, 0.2) is 0 Å². The van der Waals surface area contributed by atoms with E-state index in [0.29, 0.717) is 5.69 Å². The number of nitrogens with two attached hydrogens (primary N) is 1. The minimum atomic E-state index is -3.65. The van der Waals surface area contributed by atoms with Crippen LogP contribution in [-0.4, -0.2) is 27.0 Å². The molecule has 0 saturated carbocycles. The van der Waals surface area contributed by atoms with Crippen molar-refractivity contribution >= 4 is 15.7 Å². The SMILES string of the molecule is CCCCN(C)N=Nc1ccc(S(N)(=O)=O)cc1. The first-order valence-corrected chi connectivity index (χ1v) is 7.24. The summed E-state index contributed by atoms with van der Waals surface area (Å²) in [4.78, 5) is 0.0702. The third kappa shape index (κ3) is 4.80. The van der Waals surface area contributed by atoms with Crippen molar-refractivity contribution in [3.05, 3.63) is 24.3 Å². The van der Waals surface area contributed by atoms with Gasteiger partial charge in [-0.1, -0.05) is 18.6 Å². The summed E-state index contributed by atoms with van der Waals surface area (Å²) in [7, 11) is -1.80. The van der Waals surface area contributed by atoms with Crippen molar-refractivity contribution in [3.8, 4) is 0 Å². The van der Waals surface area contributed by atoms with Crippen LogP contribution in [0, 0.1) is 0 Å². The molecule has 0 fully saturated rings. The molecular weight excluding hydrogens is 252 g/mol. The Kier molecular flexibility index (Phi) is 5.24. The van der Waals surface area contributed by atoms with E-state index in [1.165, 1.54) is 12.1 Å². The Morgan fingerprint density at radius 1 is 1.28 bits per heavy atom. The molecule has 1 rings (SSSR count). The van der Waals surface area contributed by atoms with E-state index >= 15 is 0 Å². The lowest BCUT2D eigenvalue weighted by Crippen LogP contribution is -2.11. The molecule has 100 valence electrons. The summed E-state index contributed by atoms with van der Waals surface area (Å²) < 4.78 is 22.1. The second-order valence-corrected chi connectivity index (χ2v) is 5.52. The summed E-state index contributed by atoms with van der Waals surface area (Å²) in [5.41, 5.74) is 0.589. The number of unbranched alkanes of at least 4 members (excludes halogenated alkanes) is 1. The molecule has 0 atom stereocenters. The standard InChI is InChI=1S/C11H18N4O2S/c1-3-4-9-15(2)14-13-10-5-7-11(8-6-10)18(12,16)17/h5-8H,3-4,9H2,1-2H3,(H2,12,16,17). The first-order chi connectivity index (χ1) is 8.43. The van der Waals surface area contributed by atoms with Crippen LogP contribution in [0.5, 0.6) is 0 Å². The number of rotatable bonds is 6. The second-order valence-electron chi connectivity index (χ2n) is 3.96. The van der Waals surface area contributed by atoms with Crippen LogP contribution in [0.4, 0.5) is 5.69 Å². The number of hydrogen-bond acceptors (Lipinski definition) is 4. The average molecular weight is 270 g/mol. The lowest BCUT2D eigenvalue weighted by atomic mass is 10.3. The highest BCUT2D eigenvalue weighted by atomic mass is 32.2. The maximum Gasteiger partial charge on any atom is 0.238 e. The smallest absolute Gasteiger partial charge is 0.238 e. The van der Waals surface area contributed by atoms with Crippen LogP contribution < -0.4 is 5.14 Å². The third-order valence-corrected chi connectivity index (χ3v) is 3.24. The molecule has 1 aromatic rings. The molecule has 7 heteroatoms. The zero-order valence-electron chi connectivity index (χ0n) is 10.6. The average Bonchev–Trinajstić information content (AvgIpc) is 2.33. The van der Waals surface area contributed by atoms with Crippen molar-refractivity contribution < 1.29 is 8.42 Å². The van der Waals surface area contributed by atoms with E-state index < -0.39 is 10.0 Å². The van der Waals surface area contributed by atoms with Gasteiger partial charge in [-0.15, -0.1) is 5.11 Å². The van der Waals surface area contributed by atoms with E-state index in [9.17, 15) is 8.42 Å². The molecule has 0 unspecified atom stereocenters. The van der Waals surface area contributed by atoms with Crippen LogP contribution >= 0.6 is 0 Å². The van der Waals surface area contributed by atoms with Gasteiger partial charge in [0.2, 0.25) is 10.0 Å². The maximum atomic E-state index is 11.0. The Morgan fingerprint density at radius 2 is 1.89 bits per heavy atom. The zero-order chi connectivity index (χ0) is 13.6. The fourth-order valence-corrected chi connectivity index (χ4v) is 1.78. The number of hydrogen-bond donors (Lipinski definition) is 1.